The summed E-state index contributed by atoms with van der Waals surface area (Å²) in [5, 5.41) is 24.0. The highest BCUT2D eigenvalue weighted by atomic mass is 32.1. The second-order valence-electron chi connectivity index (χ2n) is 8.45. The largest absolute Gasteiger partial charge is 0.479 e. The minimum absolute atomic E-state index is 0.0473. The zero-order valence-corrected chi connectivity index (χ0v) is 20.0. The Morgan fingerprint density at radius 3 is 2.26 bits per heavy atom. The molecule has 1 aliphatic rings. The predicted octanol–water partition coefficient (Wildman–Crippen LogP) is 3.06. The van der Waals surface area contributed by atoms with Crippen molar-refractivity contribution in [2.24, 2.45) is 0 Å². The van der Waals surface area contributed by atoms with Crippen LogP contribution < -0.4 is 10.6 Å². The average Bonchev–Trinajstić information content (AvgIpc) is 3.38. The fourth-order valence-electron chi connectivity index (χ4n) is 4.00. The number of carbonyl (C=O) groups is 3. The van der Waals surface area contributed by atoms with Crippen molar-refractivity contribution in [3.8, 4) is 11.1 Å². The molecule has 0 spiro atoms. The number of ether oxygens (including phenoxy) is 1. The Labute approximate surface area is 205 Å². The van der Waals surface area contributed by atoms with Crippen molar-refractivity contribution >= 4 is 29.3 Å². The maximum absolute atomic E-state index is 12.5. The number of aliphatic hydroxyl groups excluding tert-OH is 1. The van der Waals surface area contributed by atoms with Crippen LogP contribution in [0.1, 0.15) is 44.3 Å². The first-order chi connectivity index (χ1) is 16.7. The van der Waals surface area contributed by atoms with Crippen LogP contribution in [-0.4, -0.2) is 51.9 Å². The van der Waals surface area contributed by atoms with Crippen molar-refractivity contribution in [2.45, 2.75) is 31.8 Å². The third-order valence-corrected chi connectivity index (χ3v) is 7.11. The molecule has 3 aromatic rings. The predicted molar refractivity (Wildman–Crippen MR) is 129 cm³/mol. The Hall–Kier alpha value is -3.76. The van der Waals surface area contributed by atoms with Crippen LogP contribution in [0.5, 0.6) is 0 Å². The lowest BCUT2D eigenvalue weighted by atomic mass is 9.98. The Bertz CT molecular complexity index is 1240. The first-order valence-electron chi connectivity index (χ1n) is 11.0. The van der Waals surface area contributed by atoms with Gasteiger partial charge in [-0.25, -0.2) is 14.6 Å². The van der Waals surface area contributed by atoms with Gasteiger partial charge in [-0.3, -0.25) is 4.79 Å². The van der Waals surface area contributed by atoms with Crippen LogP contribution in [0.2, 0.25) is 0 Å². The average molecular weight is 496 g/mol. The molecule has 1 atom stereocenters. The third kappa shape index (κ3) is 4.89. The number of aromatic nitrogens is 1. The number of aryl methyl sites for hydroxylation is 1. The molecule has 2 aromatic carbocycles. The smallest absolute Gasteiger partial charge is 0.407 e. The number of alkyl carbamates (subject to hydrolysis) is 1. The Morgan fingerprint density at radius 2 is 1.69 bits per heavy atom. The topological polar surface area (TPSA) is 138 Å². The van der Waals surface area contributed by atoms with Crippen molar-refractivity contribution in [3.63, 3.8) is 0 Å². The molecule has 0 aliphatic heterocycles. The van der Waals surface area contributed by atoms with Crippen LogP contribution in [-0.2, 0) is 16.1 Å². The van der Waals surface area contributed by atoms with Gasteiger partial charge in [-0.15, -0.1) is 11.3 Å². The van der Waals surface area contributed by atoms with Gasteiger partial charge in [0.15, 0.2) is 5.54 Å². The first kappa shape index (κ1) is 24.4. The summed E-state index contributed by atoms with van der Waals surface area (Å²) in [4.78, 5) is 40.7. The highest BCUT2D eigenvalue weighted by Crippen LogP contribution is 2.44. The van der Waals surface area contributed by atoms with E-state index in [2.05, 4.69) is 27.8 Å². The van der Waals surface area contributed by atoms with E-state index in [-0.39, 0.29) is 23.9 Å². The minimum atomic E-state index is -1.81. The number of rotatable bonds is 8. The van der Waals surface area contributed by atoms with E-state index >= 15 is 0 Å². The van der Waals surface area contributed by atoms with Gasteiger partial charge in [-0.2, -0.15) is 0 Å². The fraction of sp³-hybridized carbons (Fsp3) is 0.280. The van der Waals surface area contributed by atoms with Crippen molar-refractivity contribution in [3.05, 3.63) is 75.2 Å². The van der Waals surface area contributed by atoms with E-state index in [0.29, 0.717) is 10.7 Å². The SMILES string of the molecule is Cc1nc(CNC(=O)OCC2c3ccccc3-c3ccccc32)sc1C(=O)NC(C)(CO)C(=O)O. The van der Waals surface area contributed by atoms with E-state index in [1.807, 2.05) is 36.4 Å². The van der Waals surface area contributed by atoms with Crippen molar-refractivity contribution in [2.75, 3.05) is 13.2 Å². The van der Waals surface area contributed by atoms with Gasteiger partial charge >= 0.3 is 12.1 Å². The van der Waals surface area contributed by atoms with Crippen LogP contribution in [0.25, 0.3) is 11.1 Å². The molecule has 2 amide bonds. The number of fused-ring (bicyclic) bond motifs is 3. The van der Waals surface area contributed by atoms with Crippen LogP contribution in [0, 0.1) is 6.92 Å². The molecule has 0 saturated heterocycles. The number of thiazole rings is 1. The molecule has 1 heterocycles. The number of nitrogens with zero attached hydrogens (tertiary/aromatic N) is 1. The van der Waals surface area contributed by atoms with E-state index in [4.69, 9.17) is 4.74 Å². The van der Waals surface area contributed by atoms with E-state index in [9.17, 15) is 24.6 Å². The van der Waals surface area contributed by atoms with Crippen LogP contribution >= 0.6 is 11.3 Å². The number of benzene rings is 2. The highest BCUT2D eigenvalue weighted by molar-refractivity contribution is 7.13. The number of hydrogen-bond acceptors (Lipinski definition) is 7. The molecule has 1 unspecified atom stereocenters. The van der Waals surface area contributed by atoms with Gasteiger partial charge in [0.25, 0.3) is 5.91 Å². The zero-order chi connectivity index (χ0) is 25.2. The summed E-state index contributed by atoms with van der Waals surface area (Å²) in [6, 6.07) is 16.1. The second kappa shape index (κ2) is 9.85. The number of nitrogens with one attached hydrogen (secondary N) is 2. The van der Waals surface area contributed by atoms with Crippen LogP contribution in [0.4, 0.5) is 4.79 Å². The van der Waals surface area contributed by atoms with E-state index in [1.54, 1.807) is 6.92 Å². The summed E-state index contributed by atoms with van der Waals surface area (Å²) < 4.78 is 5.51. The number of carboxylic acid groups (broad SMARTS) is 1. The first-order valence-corrected chi connectivity index (χ1v) is 11.8. The van der Waals surface area contributed by atoms with E-state index < -0.39 is 30.1 Å². The molecule has 10 heteroatoms. The lowest BCUT2D eigenvalue weighted by Gasteiger charge is -2.23. The van der Waals surface area contributed by atoms with Gasteiger partial charge in [0.2, 0.25) is 0 Å². The summed E-state index contributed by atoms with van der Waals surface area (Å²) in [6.07, 6.45) is -0.607. The number of carbonyl (C=O) groups excluding carboxylic acids is 2. The van der Waals surface area contributed by atoms with Gasteiger partial charge < -0.3 is 25.6 Å². The van der Waals surface area contributed by atoms with E-state index in [1.165, 1.54) is 6.92 Å². The van der Waals surface area contributed by atoms with Crippen molar-refractivity contribution in [1.82, 2.24) is 15.6 Å². The Kier molecular flexibility index (Phi) is 6.86. The third-order valence-electron chi connectivity index (χ3n) is 5.95. The standard InChI is InChI=1S/C25H25N3O6S/c1-14-21(22(30)28-25(2,13-29)23(31)32)35-20(27-14)11-26-24(33)34-12-19-17-9-5-3-7-15(17)16-8-4-6-10-18(16)19/h3-10,19,29H,11-13H2,1-2H3,(H,26,33)(H,28,30)(H,31,32). The molecule has 1 aliphatic carbocycles. The lowest BCUT2D eigenvalue weighted by Crippen LogP contribution is -2.54. The maximum atomic E-state index is 12.5. The molecule has 0 radical (unpaired) electrons. The quantitative estimate of drug-likeness (QED) is 0.377. The molecule has 182 valence electrons. The number of carboxylic acids is 1. The molecule has 0 saturated carbocycles. The van der Waals surface area contributed by atoms with Gasteiger partial charge in [0.05, 0.1) is 18.8 Å². The maximum Gasteiger partial charge on any atom is 0.407 e. The number of amides is 2. The molecular weight excluding hydrogens is 470 g/mol. The summed E-state index contributed by atoms with van der Waals surface area (Å²) in [6.45, 7) is 2.29. The van der Waals surface area contributed by atoms with Gasteiger partial charge in [-0.1, -0.05) is 48.5 Å². The number of aliphatic hydroxyl groups is 1. The fourth-order valence-corrected chi connectivity index (χ4v) is 4.90. The molecule has 4 N–H and O–H groups in total. The number of hydrogen-bond donors (Lipinski definition) is 4. The number of aliphatic carboxylic acids is 1. The molecular formula is C25H25N3O6S. The van der Waals surface area contributed by atoms with Crippen molar-refractivity contribution < 1.29 is 29.3 Å². The molecule has 0 bridgehead atoms. The molecule has 1 aromatic heterocycles. The molecule has 4 rings (SSSR count). The van der Waals surface area contributed by atoms with Crippen molar-refractivity contribution in [1.29, 1.82) is 0 Å². The summed E-state index contributed by atoms with van der Waals surface area (Å²) >= 11 is 1.03. The molecule has 9 nitrogen and oxygen atoms in total. The monoisotopic (exact) mass is 495 g/mol. The minimum Gasteiger partial charge on any atom is -0.479 e. The van der Waals surface area contributed by atoms with Crippen LogP contribution in [0.15, 0.2) is 48.5 Å². The highest BCUT2D eigenvalue weighted by Gasteiger charge is 2.35. The zero-order valence-electron chi connectivity index (χ0n) is 19.2. The summed E-state index contributed by atoms with van der Waals surface area (Å²) in [7, 11) is 0. The summed E-state index contributed by atoms with van der Waals surface area (Å²) in [5.74, 6) is -2.07. The molecule has 35 heavy (non-hydrogen) atoms. The van der Waals surface area contributed by atoms with Gasteiger partial charge in [-0.05, 0) is 36.1 Å². The second-order valence-corrected chi connectivity index (χ2v) is 9.53. The van der Waals surface area contributed by atoms with E-state index in [0.717, 1.165) is 33.6 Å². The Morgan fingerprint density at radius 1 is 1.09 bits per heavy atom. The Balaban J connectivity index is 1.36. The normalized spacial score (nSPS) is 13.9. The van der Waals surface area contributed by atoms with Gasteiger partial charge in [0, 0.05) is 5.92 Å². The lowest BCUT2D eigenvalue weighted by molar-refractivity contribution is -0.145. The van der Waals surface area contributed by atoms with Gasteiger partial charge in [0.1, 0.15) is 16.5 Å². The van der Waals surface area contributed by atoms with Crippen LogP contribution in [0.3, 0.4) is 0 Å². The summed E-state index contributed by atoms with van der Waals surface area (Å²) in [5.41, 5.74) is 3.09. The molecule has 0 fully saturated rings.